The van der Waals surface area contributed by atoms with Gasteiger partial charge in [-0.25, -0.2) is 0 Å². The summed E-state index contributed by atoms with van der Waals surface area (Å²) in [5, 5.41) is 1.12. The molecule has 1 aromatic heterocycles. The Bertz CT molecular complexity index is 615. The van der Waals surface area contributed by atoms with Crippen LogP contribution in [0, 0.1) is 0 Å². The second-order valence-electron chi connectivity index (χ2n) is 5.18. The van der Waals surface area contributed by atoms with Gasteiger partial charge in [0, 0.05) is 35.5 Å². The monoisotopic (exact) mass is 255 g/mol. The molecule has 1 heterocycles. The molecule has 0 spiro atoms. The SMILES string of the molecule is CCN(CC)c1ccc2nc3c(c(N)c2c1)CCC3. The van der Waals surface area contributed by atoms with Crippen LogP contribution in [0.4, 0.5) is 11.4 Å². The third-order valence-electron chi connectivity index (χ3n) is 4.17. The number of aryl methyl sites for hydroxylation is 1. The number of rotatable bonds is 3. The van der Waals surface area contributed by atoms with Crippen LogP contribution < -0.4 is 10.6 Å². The lowest BCUT2D eigenvalue weighted by molar-refractivity contribution is 0.867. The normalized spacial score (nSPS) is 13.8. The molecule has 3 nitrogen and oxygen atoms in total. The van der Waals surface area contributed by atoms with Crippen molar-refractivity contribution in [2.75, 3.05) is 23.7 Å². The average molecular weight is 255 g/mol. The van der Waals surface area contributed by atoms with Crippen molar-refractivity contribution in [2.45, 2.75) is 33.1 Å². The minimum atomic E-state index is 0.950. The van der Waals surface area contributed by atoms with Gasteiger partial charge in [-0.1, -0.05) is 0 Å². The number of aromatic nitrogens is 1. The molecule has 0 amide bonds. The molecule has 0 saturated carbocycles. The van der Waals surface area contributed by atoms with E-state index in [4.69, 9.17) is 10.7 Å². The van der Waals surface area contributed by atoms with Gasteiger partial charge in [-0.05, 0) is 56.9 Å². The molecule has 0 fully saturated rings. The first-order chi connectivity index (χ1) is 9.24. The Morgan fingerprint density at radius 2 is 2.00 bits per heavy atom. The fraction of sp³-hybridized carbons (Fsp3) is 0.438. The molecule has 0 aliphatic heterocycles. The maximum absolute atomic E-state index is 6.36. The van der Waals surface area contributed by atoms with Crippen LogP contribution in [0.2, 0.25) is 0 Å². The lowest BCUT2D eigenvalue weighted by Crippen LogP contribution is -2.21. The van der Waals surface area contributed by atoms with Crippen LogP contribution in [0.25, 0.3) is 10.9 Å². The second kappa shape index (κ2) is 4.72. The van der Waals surface area contributed by atoms with Gasteiger partial charge in [-0.15, -0.1) is 0 Å². The Morgan fingerprint density at radius 1 is 1.21 bits per heavy atom. The summed E-state index contributed by atoms with van der Waals surface area (Å²) in [7, 11) is 0. The minimum Gasteiger partial charge on any atom is -0.398 e. The predicted molar refractivity (Wildman–Crippen MR) is 81.7 cm³/mol. The number of fused-ring (bicyclic) bond motifs is 2. The summed E-state index contributed by atoms with van der Waals surface area (Å²) in [6.07, 6.45) is 3.35. The maximum atomic E-state index is 6.36. The van der Waals surface area contributed by atoms with Gasteiger partial charge in [0.05, 0.1) is 5.52 Å². The van der Waals surface area contributed by atoms with E-state index in [0.717, 1.165) is 42.5 Å². The van der Waals surface area contributed by atoms with Gasteiger partial charge in [0.1, 0.15) is 0 Å². The summed E-state index contributed by atoms with van der Waals surface area (Å²) in [6.45, 7) is 6.39. The molecule has 3 heteroatoms. The number of hydrogen-bond donors (Lipinski definition) is 1. The van der Waals surface area contributed by atoms with Crippen molar-refractivity contribution in [1.29, 1.82) is 0 Å². The van der Waals surface area contributed by atoms with Crippen LogP contribution >= 0.6 is 0 Å². The van der Waals surface area contributed by atoms with E-state index in [1.165, 1.54) is 23.4 Å². The van der Waals surface area contributed by atoms with Crippen molar-refractivity contribution >= 4 is 22.3 Å². The van der Waals surface area contributed by atoms with Crippen LogP contribution in [0.1, 0.15) is 31.5 Å². The first-order valence-electron chi connectivity index (χ1n) is 7.20. The number of nitrogen functional groups attached to an aromatic ring is 1. The Labute approximate surface area is 114 Å². The lowest BCUT2D eigenvalue weighted by Gasteiger charge is -2.21. The number of pyridine rings is 1. The topological polar surface area (TPSA) is 42.2 Å². The van der Waals surface area contributed by atoms with Crippen LogP contribution in [-0.4, -0.2) is 18.1 Å². The fourth-order valence-electron chi connectivity index (χ4n) is 3.07. The number of nitrogens with two attached hydrogens (primary N) is 1. The van der Waals surface area contributed by atoms with Crippen molar-refractivity contribution in [1.82, 2.24) is 4.98 Å². The third-order valence-corrected chi connectivity index (χ3v) is 4.17. The highest BCUT2D eigenvalue weighted by Gasteiger charge is 2.18. The van der Waals surface area contributed by atoms with Crippen molar-refractivity contribution < 1.29 is 0 Å². The van der Waals surface area contributed by atoms with Gasteiger partial charge < -0.3 is 10.6 Å². The first-order valence-corrected chi connectivity index (χ1v) is 7.20. The molecule has 2 N–H and O–H groups in total. The van der Waals surface area contributed by atoms with Crippen LogP contribution in [0.5, 0.6) is 0 Å². The average Bonchev–Trinajstić information content (AvgIpc) is 2.89. The van der Waals surface area contributed by atoms with E-state index in [-0.39, 0.29) is 0 Å². The zero-order chi connectivity index (χ0) is 13.4. The highest BCUT2D eigenvalue weighted by molar-refractivity contribution is 5.94. The summed E-state index contributed by atoms with van der Waals surface area (Å²) in [6, 6.07) is 6.46. The van der Waals surface area contributed by atoms with Crippen LogP contribution in [0.3, 0.4) is 0 Å². The summed E-state index contributed by atoms with van der Waals surface area (Å²) in [4.78, 5) is 7.11. The number of nitrogens with zero attached hydrogens (tertiary/aromatic N) is 2. The van der Waals surface area contributed by atoms with Gasteiger partial charge in [-0.2, -0.15) is 0 Å². The van der Waals surface area contributed by atoms with E-state index >= 15 is 0 Å². The van der Waals surface area contributed by atoms with E-state index in [1.54, 1.807) is 0 Å². The Kier molecular flexibility index (Phi) is 3.05. The summed E-state index contributed by atoms with van der Waals surface area (Å²) >= 11 is 0. The third kappa shape index (κ3) is 1.93. The molecular weight excluding hydrogens is 234 g/mol. The molecule has 3 rings (SSSR count). The zero-order valence-electron chi connectivity index (χ0n) is 11.7. The Hall–Kier alpha value is -1.77. The standard InChI is InChI=1S/C16H21N3/c1-3-19(4-2)11-8-9-15-13(10-11)16(17)12-6-5-7-14(12)18-15/h8-10H,3-7H2,1-2H3,(H2,17,18). The molecule has 0 radical (unpaired) electrons. The molecule has 100 valence electrons. The molecule has 1 aliphatic rings. The van der Waals surface area contributed by atoms with Gasteiger partial charge in [0.2, 0.25) is 0 Å². The van der Waals surface area contributed by atoms with Crippen LogP contribution in [0.15, 0.2) is 18.2 Å². The Morgan fingerprint density at radius 3 is 2.74 bits per heavy atom. The fourth-order valence-corrected chi connectivity index (χ4v) is 3.07. The second-order valence-corrected chi connectivity index (χ2v) is 5.18. The van der Waals surface area contributed by atoms with E-state index in [2.05, 4.69) is 36.9 Å². The largest absolute Gasteiger partial charge is 0.398 e. The number of benzene rings is 1. The van der Waals surface area contributed by atoms with Crippen LogP contribution in [-0.2, 0) is 12.8 Å². The minimum absolute atomic E-state index is 0.950. The van der Waals surface area contributed by atoms with E-state index < -0.39 is 0 Å². The number of hydrogen-bond acceptors (Lipinski definition) is 3. The summed E-state index contributed by atoms with van der Waals surface area (Å²) < 4.78 is 0. The smallest absolute Gasteiger partial charge is 0.0727 e. The zero-order valence-corrected chi connectivity index (χ0v) is 11.7. The van der Waals surface area contributed by atoms with Crippen molar-refractivity contribution in [3.05, 3.63) is 29.5 Å². The van der Waals surface area contributed by atoms with Gasteiger partial charge in [-0.3, -0.25) is 4.98 Å². The van der Waals surface area contributed by atoms with Gasteiger partial charge in [0.15, 0.2) is 0 Å². The molecular formula is C16H21N3. The molecule has 0 saturated heterocycles. The molecule has 2 aromatic rings. The van der Waals surface area contributed by atoms with E-state index in [0.29, 0.717) is 0 Å². The van der Waals surface area contributed by atoms with Crippen molar-refractivity contribution in [2.24, 2.45) is 0 Å². The van der Waals surface area contributed by atoms with E-state index in [1.807, 2.05) is 0 Å². The molecule has 1 aromatic carbocycles. The maximum Gasteiger partial charge on any atom is 0.0727 e. The van der Waals surface area contributed by atoms with Gasteiger partial charge in [0.25, 0.3) is 0 Å². The van der Waals surface area contributed by atoms with Crippen molar-refractivity contribution in [3.8, 4) is 0 Å². The van der Waals surface area contributed by atoms with E-state index in [9.17, 15) is 0 Å². The molecule has 1 aliphatic carbocycles. The molecule has 0 unspecified atom stereocenters. The highest BCUT2D eigenvalue weighted by atomic mass is 15.1. The highest BCUT2D eigenvalue weighted by Crippen LogP contribution is 2.33. The Balaban J connectivity index is 2.17. The lowest BCUT2D eigenvalue weighted by atomic mass is 10.1. The molecule has 0 bridgehead atoms. The van der Waals surface area contributed by atoms with Gasteiger partial charge >= 0.3 is 0 Å². The number of anilines is 2. The summed E-state index contributed by atoms with van der Waals surface area (Å²) in [5.41, 5.74) is 12.1. The molecule has 0 atom stereocenters. The summed E-state index contributed by atoms with van der Waals surface area (Å²) in [5.74, 6) is 0. The van der Waals surface area contributed by atoms with Crippen molar-refractivity contribution in [3.63, 3.8) is 0 Å². The first kappa shape index (κ1) is 12.3. The molecule has 19 heavy (non-hydrogen) atoms. The quantitative estimate of drug-likeness (QED) is 0.916. The predicted octanol–water partition coefficient (Wildman–Crippen LogP) is 3.15.